The molecule has 3 aliphatic carbocycles. The number of aliphatic hydroxyl groups is 1. The van der Waals surface area contributed by atoms with Crippen LogP contribution in [0.4, 0.5) is 0 Å². The molecule has 0 spiro atoms. The molecule has 0 unspecified atom stereocenters. The van der Waals surface area contributed by atoms with Gasteiger partial charge in [-0.05, 0) is 30.6 Å². The van der Waals surface area contributed by atoms with Crippen LogP contribution in [0.1, 0.15) is 40.5 Å². The van der Waals surface area contributed by atoms with E-state index in [0.29, 0.717) is 24.0 Å². The highest BCUT2D eigenvalue weighted by molar-refractivity contribution is 5.86. The number of hydrogen-bond donors (Lipinski definition) is 1. The summed E-state index contributed by atoms with van der Waals surface area (Å²) in [6, 6.07) is 0. The molecule has 3 rings (SSSR count). The minimum atomic E-state index is -0.435. The van der Waals surface area contributed by atoms with Crippen LogP contribution in [0.15, 0.2) is 12.0 Å². The summed E-state index contributed by atoms with van der Waals surface area (Å²) in [5, 5.41) is 18.8. The number of rotatable bonds is 2. The quantitative estimate of drug-likeness (QED) is 0.609. The highest BCUT2D eigenvalue weighted by atomic mass is 16.3. The summed E-state index contributed by atoms with van der Waals surface area (Å²) in [6.07, 6.45) is 2.75. The zero-order valence-electron chi connectivity index (χ0n) is 12.1. The molecule has 3 saturated carbocycles. The van der Waals surface area contributed by atoms with Gasteiger partial charge in [0.2, 0.25) is 5.39 Å². The SMILES string of the molecule is CC(C)[C@@H]1C[C@@H]2[C@H](C)C(=O)[C@H]1C[C@@]2(C)/C(O)=C/[N+]#N. The molecule has 4 heteroatoms. The molecule has 0 aromatic rings. The molecule has 4 nitrogen and oxygen atoms in total. The van der Waals surface area contributed by atoms with Crippen LogP contribution in [0, 0.1) is 40.4 Å². The van der Waals surface area contributed by atoms with Gasteiger partial charge in [-0.25, -0.2) is 0 Å². The van der Waals surface area contributed by atoms with E-state index >= 15 is 0 Å². The Balaban J connectivity index is 2.39. The second-order valence-corrected chi connectivity index (χ2v) is 6.80. The zero-order valence-corrected chi connectivity index (χ0v) is 12.1. The zero-order chi connectivity index (χ0) is 14.4. The summed E-state index contributed by atoms with van der Waals surface area (Å²) in [6.45, 7) is 8.29. The number of ketones is 1. The number of fused-ring (bicyclic) bond motifs is 3. The minimum Gasteiger partial charge on any atom is -0.505 e. The fourth-order valence-electron chi connectivity index (χ4n) is 4.31. The Morgan fingerprint density at radius 3 is 2.74 bits per heavy atom. The maximum atomic E-state index is 12.4. The van der Waals surface area contributed by atoms with Crippen molar-refractivity contribution in [3.63, 3.8) is 0 Å². The molecule has 3 aliphatic rings. The van der Waals surface area contributed by atoms with E-state index in [9.17, 15) is 9.90 Å². The maximum absolute atomic E-state index is 12.4. The van der Waals surface area contributed by atoms with Crippen LogP contribution < -0.4 is 0 Å². The van der Waals surface area contributed by atoms with E-state index in [1.165, 1.54) is 0 Å². The standard InChI is InChI=1S/C15H22N2O2/c1-8(2)10-5-12-9(3)14(19)11(10)6-15(12,4)13(18)7-17-16/h7-12H,5-6H2,1-4H3/p+1/b13-7-/t9-,10-,11-,12+,15+/m0/s1. The molecule has 3 fully saturated rings. The fourth-order valence-corrected chi connectivity index (χ4v) is 4.31. The highest BCUT2D eigenvalue weighted by Crippen LogP contribution is 2.59. The smallest absolute Gasteiger partial charge is 0.387 e. The third kappa shape index (κ3) is 1.96. The Kier molecular flexibility index (Phi) is 3.42. The lowest BCUT2D eigenvalue weighted by Gasteiger charge is -2.55. The number of diazo groups is 1. The van der Waals surface area contributed by atoms with E-state index in [0.717, 1.165) is 12.6 Å². The molecule has 0 saturated heterocycles. The Bertz CT molecular complexity index is 463. The van der Waals surface area contributed by atoms with Gasteiger partial charge in [-0.3, -0.25) is 4.79 Å². The third-order valence-corrected chi connectivity index (χ3v) is 5.54. The number of allylic oxidation sites excluding steroid dienone is 1. The van der Waals surface area contributed by atoms with Crippen LogP contribution in [0.5, 0.6) is 0 Å². The fraction of sp³-hybridized carbons (Fsp3) is 0.800. The van der Waals surface area contributed by atoms with Crippen LogP contribution in [0.25, 0.3) is 4.98 Å². The summed E-state index contributed by atoms with van der Waals surface area (Å²) in [5.41, 5.74) is -0.435. The van der Waals surface area contributed by atoms with Gasteiger partial charge in [-0.15, -0.1) is 0 Å². The molecule has 1 N–H and O–H groups in total. The van der Waals surface area contributed by atoms with Gasteiger partial charge in [0.15, 0.2) is 10.7 Å². The molecule has 0 radical (unpaired) electrons. The lowest BCUT2D eigenvalue weighted by Crippen LogP contribution is -2.55. The molecule has 104 valence electrons. The summed E-state index contributed by atoms with van der Waals surface area (Å²) < 4.78 is 0. The van der Waals surface area contributed by atoms with E-state index < -0.39 is 5.41 Å². The lowest BCUT2D eigenvalue weighted by atomic mass is 9.47. The number of carbonyl (C=O) groups is 1. The summed E-state index contributed by atoms with van der Waals surface area (Å²) in [7, 11) is 0. The first-order valence-electron chi connectivity index (χ1n) is 7.10. The molecule has 0 amide bonds. The predicted octanol–water partition coefficient (Wildman–Crippen LogP) is 3.76. The van der Waals surface area contributed by atoms with Crippen LogP contribution >= 0.6 is 0 Å². The van der Waals surface area contributed by atoms with E-state index in [1.54, 1.807) is 0 Å². The number of hydrogen-bond acceptors (Lipinski definition) is 3. The van der Waals surface area contributed by atoms with Crippen molar-refractivity contribution in [1.82, 2.24) is 0 Å². The van der Waals surface area contributed by atoms with Crippen LogP contribution in [-0.4, -0.2) is 10.9 Å². The average Bonchev–Trinajstić information content (AvgIpc) is 2.35. The van der Waals surface area contributed by atoms with Crippen LogP contribution in [0.2, 0.25) is 0 Å². The summed E-state index contributed by atoms with van der Waals surface area (Å²) in [4.78, 5) is 15.3. The Hall–Kier alpha value is -1.37. The maximum Gasteiger partial charge on any atom is 0.387 e. The first-order chi connectivity index (χ1) is 8.82. The van der Waals surface area contributed by atoms with Gasteiger partial charge >= 0.3 is 6.20 Å². The van der Waals surface area contributed by atoms with E-state index in [1.807, 2.05) is 13.8 Å². The molecule has 5 atom stereocenters. The topological polar surface area (TPSA) is 65.4 Å². The second-order valence-electron chi connectivity index (χ2n) is 6.80. The van der Waals surface area contributed by atoms with Crippen molar-refractivity contribution in [2.24, 2.45) is 35.0 Å². The summed E-state index contributed by atoms with van der Waals surface area (Å²) >= 11 is 0. The van der Waals surface area contributed by atoms with Gasteiger partial charge in [-0.2, -0.15) is 0 Å². The Morgan fingerprint density at radius 2 is 2.21 bits per heavy atom. The van der Waals surface area contributed by atoms with E-state index in [4.69, 9.17) is 5.39 Å². The number of carbonyl (C=O) groups excluding carboxylic acids is 1. The van der Waals surface area contributed by atoms with E-state index in [2.05, 4.69) is 18.8 Å². The number of Topliss-reactive ketones (excluding diaryl/α,β-unsaturated/α-hetero) is 1. The second kappa shape index (κ2) is 4.63. The van der Waals surface area contributed by atoms with Crippen molar-refractivity contribution >= 4 is 5.78 Å². The molecule has 0 aliphatic heterocycles. The first-order valence-corrected chi connectivity index (χ1v) is 7.10. The van der Waals surface area contributed by atoms with Gasteiger partial charge in [-0.1, -0.05) is 27.7 Å². The van der Waals surface area contributed by atoms with Crippen molar-refractivity contribution in [3.8, 4) is 0 Å². The molecule has 0 aromatic heterocycles. The molecule has 0 aromatic carbocycles. The van der Waals surface area contributed by atoms with Gasteiger partial charge in [0.1, 0.15) is 5.78 Å². The Morgan fingerprint density at radius 1 is 1.58 bits per heavy atom. The van der Waals surface area contributed by atoms with Crippen molar-refractivity contribution in [2.45, 2.75) is 40.5 Å². The molecular formula is C15H23N2O2+. The monoisotopic (exact) mass is 263 g/mol. The first kappa shape index (κ1) is 14.0. The van der Waals surface area contributed by atoms with Crippen LogP contribution in [0.3, 0.4) is 0 Å². The van der Waals surface area contributed by atoms with Crippen molar-refractivity contribution < 1.29 is 9.90 Å². The van der Waals surface area contributed by atoms with Gasteiger partial charge in [0.05, 0.1) is 0 Å². The largest absolute Gasteiger partial charge is 0.505 e. The third-order valence-electron chi connectivity index (χ3n) is 5.54. The van der Waals surface area contributed by atoms with Gasteiger partial charge in [0, 0.05) is 17.3 Å². The van der Waals surface area contributed by atoms with Gasteiger partial charge in [0.25, 0.3) is 0 Å². The number of aliphatic hydroxyl groups excluding tert-OH is 1. The minimum absolute atomic E-state index is 0.0204. The Labute approximate surface area is 114 Å². The van der Waals surface area contributed by atoms with Gasteiger partial charge < -0.3 is 5.11 Å². The molecule has 2 bridgehead atoms. The average molecular weight is 263 g/mol. The summed E-state index contributed by atoms with van der Waals surface area (Å²) in [5.74, 6) is 1.50. The van der Waals surface area contributed by atoms with E-state index in [-0.39, 0.29) is 23.5 Å². The molecule has 19 heavy (non-hydrogen) atoms. The van der Waals surface area contributed by atoms with Crippen molar-refractivity contribution in [2.75, 3.05) is 0 Å². The van der Waals surface area contributed by atoms with Crippen LogP contribution in [-0.2, 0) is 4.79 Å². The lowest BCUT2D eigenvalue weighted by molar-refractivity contribution is -0.151. The predicted molar refractivity (Wildman–Crippen MR) is 72.6 cm³/mol. The number of nitrogens with zero attached hydrogens (tertiary/aromatic N) is 2. The van der Waals surface area contributed by atoms with Crippen molar-refractivity contribution in [1.29, 1.82) is 5.39 Å². The molecular weight excluding hydrogens is 240 g/mol. The molecule has 0 heterocycles. The highest BCUT2D eigenvalue weighted by Gasteiger charge is 2.58. The van der Waals surface area contributed by atoms with Crippen molar-refractivity contribution in [3.05, 3.63) is 16.9 Å². The normalized spacial score (nSPS) is 42.5.